The van der Waals surface area contributed by atoms with Gasteiger partial charge in [0, 0.05) is 6.20 Å². The average molecular weight is 176 g/mol. The topological polar surface area (TPSA) is 73.1 Å². The van der Waals surface area contributed by atoms with E-state index in [-0.39, 0.29) is 0 Å². The third kappa shape index (κ3) is 1.72. The molecular formula is C5H5FN2O2S. The summed E-state index contributed by atoms with van der Waals surface area (Å²) in [5.41, 5.74) is 0. The number of hydrogen-bond acceptors (Lipinski definition) is 3. The highest BCUT2D eigenvalue weighted by molar-refractivity contribution is 7.89. The molecule has 60 valence electrons. The van der Waals surface area contributed by atoms with E-state index in [4.69, 9.17) is 0 Å². The van der Waals surface area contributed by atoms with Crippen molar-refractivity contribution < 1.29 is 12.8 Å². The summed E-state index contributed by atoms with van der Waals surface area (Å²) in [5.74, 6) is -0.935. The SMILES string of the molecule is NS(=O)(=O)c1ncccc1F. The Morgan fingerprint density at radius 1 is 1.55 bits per heavy atom. The largest absolute Gasteiger partial charge is 0.258 e. The summed E-state index contributed by atoms with van der Waals surface area (Å²) < 4.78 is 33.6. The summed E-state index contributed by atoms with van der Waals surface area (Å²) in [6.07, 6.45) is 1.16. The van der Waals surface area contributed by atoms with Gasteiger partial charge in [-0.25, -0.2) is 22.9 Å². The van der Waals surface area contributed by atoms with E-state index >= 15 is 0 Å². The number of hydrogen-bond donors (Lipinski definition) is 1. The van der Waals surface area contributed by atoms with Crippen molar-refractivity contribution in [2.24, 2.45) is 5.14 Å². The molecule has 0 unspecified atom stereocenters. The Kier molecular flexibility index (Phi) is 1.88. The van der Waals surface area contributed by atoms with Gasteiger partial charge in [-0.1, -0.05) is 0 Å². The molecule has 0 aliphatic heterocycles. The maximum absolute atomic E-state index is 12.6. The molecule has 0 aromatic carbocycles. The molecule has 1 aromatic heterocycles. The van der Waals surface area contributed by atoms with E-state index in [0.29, 0.717) is 0 Å². The molecular weight excluding hydrogens is 171 g/mol. The predicted octanol–water partition coefficient (Wildman–Crippen LogP) is -0.132. The van der Waals surface area contributed by atoms with Crippen molar-refractivity contribution in [2.75, 3.05) is 0 Å². The van der Waals surface area contributed by atoms with Crippen LogP contribution in [0.2, 0.25) is 0 Å². The van der Waals surface area contributed by atoms with Crippen molar-refractivity contribution in [1.82, 2.24) is 4.98 Å². The van der Waals surface area contributed by atoms with Gasteiger partial charge in [0.1, 0.15) is 0 Å². The molecule has 0 fully saturated rings. The van der Waals surface area contributed by atoms with E-state index in [9.17, 15) is 12.8 Å². The highest BCUT2D eigenvalue weighted by Gasteiger charge is 2.14. The zero-order chi connectivity index (χ0) is 8.48. The van der Waals surface area contributed by atoms with E-state index < -0.39 is 20.9 Å². The second-order valence-corrected chi connectivity index (χ2v) is 3.31. The molecule has 0 aliphatic carbocycles. The van der Waals surface area contributed by atoms with Gasteiger partial charge in [0.25, 0.3) is 10.0 Å². The summed E-state index contributed by atoms with van der Waals surface area (Å²) >= 11 is 0. The minimum absolute atomic E-state index is 0.722. The second-order valence-electron chi connectivity index (χ2n) is 1.84. The standard InChI is InChI=1S/C5H5FN2O2S/c6-4-2-1-3-8-5(4)11(7,9)10/h1-3H,(H2,7,9,10). The maximum Gasteiger partial charge on any atom is 0.258 e. The molecule has 4 nitrogen and oxygen atoms in total. The number of sulfonamides is 1. The Labute approximate surface area is 62.9 Å². The van der Waals surface area contributed by atoms with Gasteiger partial charge < -0.3 is 0 Å². The van der Waals surface area contributed by atoms with Gasteiger partial charge in [-0.15, -0.1) is 0 Å². The lowest BCUT2D eigenvalue weighted by Crippen LogP contribution is -2.15. The van der Waals surface area contributed by atoms with E-state index in [0.717, 1.165) is 12.3 Å². The van der Waals surface area contributed by atoms with Crippen LogP contribution in [0.1, 0.15) is 0 Å². The third-order valence-corrected chi connectivity index (χ3v) is 1.83. The summed E-state index contributed by atoms with van der Waals surface area (Å²) in [5, 5.41) is 3.91. The van der Waals surface area contributed by atoms with Crippen molar-refractivity contribution in [3.8, 4) is 0 Å². The smallest absolute Gasteiger partial charge is 0.241 e. The molecule has 6 heteroatoms. The third-order valence-electron chi connectivity index (χ3n) is 0.994. The van der Waals surface area contributed by atoms with Crippen molar-refractivity contribution in [1.29, 1.82) is 0 Å². The zero-order valence-corrected chi connectivity index (χ0v) is 6.18. The molecule has 0 saturated heterocycles. The summed E-state index contributed by atoms with van der Waals surface area (Å²) in [6, 6.07) is 2.26. The Morgan fingerprint density at radius 2 is 2.18 bits per heavy atom. The van der Waals surface area contributed by atoms with Crippen molar-refractivity contribution in [2.45, 2.75) is 5.03 Å². The molecule has 0 aliphatic rings. The van der Waals surface area contributed by atoms with Gasteiger partial charge in [-0.05, 0) is 12.1 Å². The van der Waals surface area contributed by atoms with Crippen molar-refractivity contribution >= 4 is 10.0 Å². The zero-order valence-electron chi connectivity index (χ0n) is 5.36. The van der Waals surface area contributed by atoms with Crippen LogP contribution < -0.4 is 5.14 Å². The Morgan fingerprint density at radius 3 is 2.55 bits per heavy atom. The fourth-order valence-corrected chi connectivity index (χ4v) is 1.13. The first-order valence-electron chi connectivity index (χ1n) is 2.65. The molecule has 11 heavy (non-hydrogen) atoms. The normalized spacial score (nSPS) is 11.5. The first kappa shape index (κ1) is 8.09. The molecule has 0 atom stereocenters. The summed E-state index contributed by atoms with van der Waals surface area (Å²) in [6.45, 7) is 0. The number of nitrogens with two attached hydrogens (primary N) is 1. The quantitative estimate of drug-likeness (QED) is 0.647. The Bertz CT molecular complexity index is 363. The molecule has 0 bridgehead atoms. The van der Waals surface area contributed by atoms with Crippen LogP contribution in [-0.2, 0) is 10.0 Å². The molecule has 1 heterocycles. The fraction of sp³-hybridized carbons (Fsp3) is 0. The van der Waals surface area contributed by atoms with Crippen molar-refractivity contribution in [3.63, 3.8) is 0 Å². The van der Waals surface area contributed by atoms with Crippen LogP contribution >= 0.6 is 0 Å². The van der Waals surface area contributed by atoms with Gasteiger partial charge >= 0.3 is 0 Å². The second kappa shape index (κ2) is 2.55. The van der Waals surface area contributed by atoms with E-state index in [1.807, 2.05) is 0 Å². The maximum atomic E-state index is 12.6. The number of pyridine rings is 1. The van der Waals surface area contributed by atoms with Crippen LogP contribution in [0.15, 0.2) is 23.4 Å². The van der Waals surface area contributed by atoms with E-state index in [1.54, 1.807) is 0 Å². The lowest BCUT2D eigenvalue weighted by atomic mass is 10.5. The lowest BCUT2D eigenvalue weighted by molar-refractivity contribution is 0.554. The summed E-state index contributed by atoms with van der Waals surface area (Å²) in [7, 11) is -4.02. The van der Waals surface area contributed by atoms with Gasteiger partial charge in [-0.2, -0.15) is 0 Å². The van der Waals surface area contributed by atoms with Crippen LogP contribution in [0.4, 0.5) is 4.39 Å². The Balaban J connectivity index is 3.37. The van der Waals surface area contributed by atoms with Crippen LogP contribution in [-0.4, -0.2) is 13.4 Å². The van der Waals surface area contributed by atoms with Crippen LogP contribution in [0.5, 0.6) is 0 Å². The van der Waals surface area contributed by atoms with Gasteiger partial charge in [0.15, 0.2) is 5.82 Å². The first-order valence-corrected chi connectivity index (χ1v) is 4.20. The minimum atomic E-state index is -4.02. The number of aromatic nitrogens is 1. The molecule has 2 N–H and O–H groups in total. The Hall–Kier alpha value is -1.01. The van der Waals surface area contributed by atoms with E-state index in [1.165, 1.54) is 6.07 Å². The first-order chi connectivity index (χ1) is 5.02. The number of rotatable bonds is 1. The average Bonchev–Trinajstić information content (AvgIpc) is 1.86. The molecule has 0 spiro atoms. The van der Waals surface area contributed by atoms with E-state index in [2.05, 4.69) is 10.1 Å². The van der Waals surface area contributed by atoms with Crippen LogP contribution in [0, 0.1) is 5.82 Å². The fourth-order valence-electron chi connectivity index (χ4n) is 0.581. The number of primary sulfonamides is 1. The van der Waals surface area contributed by atoms with Gasteiger partial charge in [-0.3, -0.25) is 0 Å². The molecule has 0 radical (unpaired) electrons. The monoisotopic (exact) mass is 176 g/mol. The lowest BCUT2D eigenvalue weighted by Gasteiger charge is -1.95. The van der Waals surface area contributed by atoms with Gasteiger partial charge in [0.2, 0.25) is 5.03 Å². The minimum Gasteiger partial charge on any atom is -0.241 e. The van der Waals surface area contributed by atoms with Crippen molar-refractivity contribution in [3.05, 3.63) is 24.1 Å². The highest BCUT2D eigenvalue weighted by atomic mass is 32.2. The van der Waals surface area contributed by atoms with Gasteiger partial charge in [0.05, 0.1) is 0 Å². The molecule has 0 saturated carbocycles. The molecule has 1 rings (SSSR count). The molecule has 0 amide bonds. The van der Waals surface area contributed by atoms with Crippen LogP contribution in [0.3, 0.4) is 0 Å². The number of halogens is 1. The number of nitrogens with zero attached hydrogens (tertiary/aromatic N) is 1. The summed E-state index contributed by atoms with van der Waals surface area (Å²) in [4.78, 5) is 3.26. The molecule has 1 aromatic rings. The highest BCUT2D eigenvalue weighted by Crippen LogP contribution is 2.06. The van der Waals surface area contributed by atoms with Crippen LogP contribution in [0.25, 0.3) is 0 Å². The predicted molar refractivity (Wildman–Crippen MR) is 35.6 cm³/mol.